The highest BCUT2D eigenvalue weighted by Gasteiger charge is 2.26. The van der Waals surface area contributed by atoms with E-state index in [1.54, 1.807) is 13.8 Å². The second-order valence-corrected chi connectivity index (χ2v) is 5.58. The molecule has 2 aromatic rings. The summed E-state index contributed by atoms with van der Waals surface area (Å²) in [5.74, 6) is -2.12. The first-order valence-corrected chi connectivity index (χ1v) is 7.40. The zero-order valence-corrected chi connectivity index (χ0v) is 13.3. The van der Waals surface area contributed by atoms with Crippen LogP contribution in [-0.4, -0.2) is 17.9 Å². The summed E-state index contributed by atoms with van der Waals surface area (Å²) in [4.78, 5) is 24.5. The lowest BCUT2D eigenvalue weighted by atomic mass is 10.0. The first kappa shape index (κ1) is 17.6. The predicted molar refractivity (Wildman–Crippen MR) is 84.5 cm³/mol. The molecule has 0 bridgehead atoms. The average molecular weight is 333 g/mol. The summed E-state index contributed by atoms with van der Waals surface area (Å²) in [5, 5.41) is 2.57. The Morgan fingerprint density at radius 3 is 1.92 bits per heavy atom. The lowest BCUT2D eigenvalue weighted by Crippen LogP contribution is -2.46. The molecule has 0 fully saturated rings. The third-order valence-electron chi connectivity index (χ3n) is 3.35. The topological polar surface area (TPSA) is 55.4 Å². The van der Waals surface area contributed by atoms with Crippen molar-refractivity contribution in [3.63, 3.8) is 0 Å². The highest BCUT2D eigenvalue weighted by molar-refractivity contribution is 5.97. The molecule has 6 heteroatoms. The molecule has 0 radical (unpaired) electrons. The number of esters is 1. The molecule has 1 N–H and O–H groups in total. The molecule has 1 amide bonds. The van der Waals surface area contributed by atoms with E-state index in [1.807, 2.05) is 0 Å². The van der Waals surface area contributed by atoms with E-state index in [0.717, 1.165) is 12.1 Å². The van der Waals surface area contributed by atoms with Crippen LogP contribution in [0.25, 0.3) is 0 Å². The maximum Gasteiger partial charge on any atom is 0.334 e. The van der Waals surface area contributed by atoms with Crippen LogP contribution in [0.15, 0.2) is 48.5 Å². The Bertz CT molecular complexity index is 712. The monoisotopic (exact) mass is 333 g/mol. The molecular formula is C18H17F2NO3. The van der Waals surface area contributed by atoms with E-state index < -0.39 is 29.6 Å². The third kappa shape index (κ3) is 4.62. The molecule has 0 heterocycles. The van der Waals surface area contributed by atoms with E-state index in [-0.39, 0.29) is 17.2 Å². The van der Waals surface area contributed by atoms with Crippen molar-refractivity contribution in [3.8, 4) is 5.75 Å². The van der Waals surface area contributed by atoms with Crippen LogP contribution in [0.5, 0.6) is 5.75 Å². The predicted octanol–water partition coefficient (Wildman–Crippen LogP) is 3.32. The van der Waals surface area contributed by atoms with Crippen LogP contribution in [-0.2, 0) is 4.79 Å². The lowest BCUT2D eigenvalue weighted by molar-refractivity contribution is -0.137. The van der Waals surface area contributed by atoms with Gasteiger partial charge in [-0.05, 0) is 54.4 Å². The molecule has 2 aromatic carbocycles. The second-order valence-electron chi connectivity index (χ2n) is 5.58. The van der Waals surface area contributed by atoms with Crippen LogP contribution in [0, 0.1) is 17.6 Å². The molecule has 0 saturated heterocycles. The van der Waals surface area contributed by atoms with Gasteiger partial charge >= 0.3 is 5.97 Å². The Kier molecular flexibility index (Phi) is 5.63. The molecule has 0 aliphatic heterocycles. The van der Waals surface area contributed by atoms with Crippen LogP contribution >= 0.6 is 0 Å². The third-order valence-corrected chi connectivity index (χ3v) is 3.35. The van der Waals surface area contributed by atoms with E-state index in [4.69, 9.17) is 4.74 Å². The Balaban J connectivity index is 2.07. The molecule has 24 heavy (non-hydrogen) atoms. The lowest BCUT2D eigenvalue weighted by Gasteiger charge is -2.20. The number of nitrogens with one attached hydrogen (secondary N) is 1. The number of amides is 1. The van der Waals surface area contributed by atoms with Gasteiger partial charge in [0.1, 0.15) is 23.4 Å². The Morgan fingerprint density at radius 2 is 1.42 bits per heavy atom. The van der Waals surface area contributed by atoms with Gasteiger partial charge in [0.2, 0.25) is 0 Å². The zero-order chi connectivity index (χ0) is 17.7. The number of carbonyl (C=O) groups is 2. The van der Waals surface area contributed by atoms with E-state index in [2.05, 4.69) is 5.32 Å². The molecular weight excluding hydrogens is 316 g/mol. The minimum absolute atomic E-state index is 0.183. The van der Waals surface area contributed by atoms with Crippen molar-refractivity contribution >= 4 is 11.9 Å². The van der Waals surface area contributed by atoms with E-state index in [9.17, 15) is 18.4 Å². The Hall–Kier alpha value is -2.76. The SMILES string of the molecule is CC(C)[C@@H](NC(=O)c1ccc(F)cc1)C(=O)Oc1ccc(F)cc1. The minimum atomic E-state index is -0.896. The van der Waals surface area contributed by atoms with Crippen molar-refractivity contribution in [2.45, 2.75) is 19.9 Å². The van der Waals surface area contributed by atoms with Crippen molar-refractivity contribution in [3.05, 3.63) is 65.7 Å². The summed E-state index contributed by atoms with van der Waals surface area (Å²) in [7, 11) is 0. The van der Waals surface area contributed by atoms with Crippen LogP contribution in [0.4, 0.5) is 8.78 Å². The Labute approximate surface area is 138 Å². The number of rotatable bonds is 5. The standard InChI is InChI=1S/C18H17F2NO3/c1-11(2)16(18(23)24-15-9-7-14(20)8-10-15)21-17(22)12-3-5-13(19)6-4-12/h3-11,16H,1-2H3,(H,21,22)/t16-/m1/s1. The molecule has 0 spiro atoms. The first-order valence-electron chi connectivity index (χ1n) is 7.40. The molecule has 126 valence electrons. The summed E-state index contributed by atoms with van der Waals surface area (Å²) in [6, 6.07) is 9.08. The normalized spacial score (nSPS) is 11.9. The van der Waals surface area contributed by atoms with Gasteiger partial charge in [0.25, 0.3) is 5.91 Å². The molecule has 0 unspecified atom stereocenters. The number of hydrogen-bond acceptors (Lipinski definition) is 3. The number of hydrogen-bond donors (Lipinski definition) is 1. The van der Waals surface area contributed by atoms with Gasteiger partial charge in [0.05, 0.1) is 0 Å². The van der Waals surface area contributed by atoms with Crippen molar-refractivity contribution in [1.82, 2.24) is 5.32 Å². The average Bonchev–Trinajstić information content (AvgIpc) is 2.54. The molecule has 2 rings (SSSR count). The van der Waals surface area contributed by atoms with Gasteiger partial charge in [-0.3, -0.25) is 4.79 Å². The summed E-state index contributed by atoms with van der Waals surface area (Å²) in [6.07, 6.45) is 0. The summed E-state index contributed by atoms with van der Waals surface area (Å²) >= 11 is 0. The number of carbonyl (C=O) groups excluding carboxylic acids is 2. The van der Waals surface area contributed by atoms with Gasteiger partial charge in [0, 0.05) is 5.56 Å². The quantitative estimate of drug-likeness (QED) is 0.674. The summed E-state index contributed by atoms with van der Waals surface area (Å²) in [5.41, 5.74) is 0.233. The van der Waals surface area contributed by atoms with E-state index in [0.29, 0.717) is 0 Å². The van der Waals surface area contributed by atoms with Crippen molar-refractivity contribution in [1.29, 1.82) is 0 Å². The fraction of sp³-hybridized carbons (Fsp3) is 0.222. The number of benzene rings is 2. The fourth-order valence-electron chi connectivity index (χ4n) is 2.01. The fourth-order valence-corrected chi connectivity index (χ4v) is 2.01. The molecule has 0 aliphatic carbocycles. The number of halogens is 2. The largest absolute Gasteiger partial charge is 0.425 e. The molecule has 0 saturated carbocycles. The van der Waals surface area contributed by atoms with Crippen LogP contribution < -0.4 is 10.1 Å². The van der Waals surface area contributed by atoms with Gasteiger partial charge in [-0.15, -0.1) is 0 Å². The first-order chi connectivity index (χ1) is 11.4. The maximum absolute atomic E-state index is 12.9. The highest BCUT2D eigenvalue weighted by Crippen LogP contribution is 2.14. The summed E-state index contributed by atoms with van der Waals surface area (Å²) < 4.78 is 31.0. The van der Waals surface area contributed by atoms with Crippen LogP contribution in [0.1, 0.15) is 24.2 Å². The van der Waals surface area contributed by atoms with E-state index >= 15 is 0 Å². The van der Waals surface area contributed by atoms with Gasteiger partial charge in [-0.2, -0.15) is 0 Å². The Morgan fingerprint density at radius 1 is 0.917 bits per heavy atom. The van der Waals surface area contributed by atoms with Crippen LogP contribution in [0.2, 0.25) is 0 Å². The van der Waals surface area contributed by atoms with Gasteiger partial charge < -0.3 is 10.1 Å². The van der Waals surface area contributed by atoms with Crippen molar-refractivity contribution < 1.29 is 23.1 Å². The van der Waals surface area contributed by atoms with Crippen LogP contribution in [0.3, 0.4) is 0 Å². The van der Waals surface area contributed by atoms with E-state index in [1.165, 1.54) is 36.4 Å². The van der Waals surface area contributed by atoms with Crippen molar-refractivity contribution in [2.75, 3.05) is 0 Å². The second kappa shape index (κ2) is 7.68. The highest BCUT2D eigenvalue weighted by atomic mass is 19.1. The van der Waals surface area contributed by atoms with Crippen molar-refractivity contribution in [2.24, 2.45) is 5.92 Å². The summed E-state index contributed by atoms with van der Waals surface area (Å²) in [6.45, 7) is 3.50. The van der Waals surface area contributed by atoms with Gasteiger partial charge in [0.15, 0.2) is 0 Å². The minimum Gasteiger partial charge on any atom is -0.425 e. The van der Waals surface area contributed by atoms with Gasteiger partial charge in [-0.25, -0.2) is 13.6 Å². The number of ether oxygens (including phenoxy) is 1. The molecule has 0 aromatic heterocycles. The molecule has 4 nitrogen and oxygen atoms in total. The molecule has 1 atom stereocenters. The maximum atomic E-state index is 12.9. The zero-order valence-electron chi connectivity index (χ0n) is 13.3. The van der Waals surface area contributed by atoms with Gasteiger partial charge in [-0.1, -0.05) is 13.8 Å². The molecule has 0 aliphatic rings. The smallest absolute Gasteiger partial charge is 0.334 e.